The molecule has 0 unspecified atom stereocenters. The van der Waals surface area contributed by atoms with Gasteiger partial charge >= 0.3 is 5.97 Å². The van der Waals surface area contributed by atoms with Crippen LogP contribution in [0.15, 0.2) is 12.2 Å². The molecule has 0 saturated heterocycles. The summed E-state index contributed by atoms with van der Waals surface area (Å²) >= 11 is 0. The van der Waals surface area contributed by atoms with E-state index >= 15 is 0 Å². The first-order valence-electron chi connectivity index (χ1n) is 8.92. The highest BCUT2D eigenvalue weighted by Crippen LogP contribution is 2.12. The van der Waals surface area contributed by atoms with E-state index in [4.69, 9.17) is 10.8 Å². The van der Waals surface area contributed by atoms with Gasteiger partial charge in [-0.3, -0.25) is 4.79 Å². The van der Waals surface area contributed by atoms with Gasteiger partial charge in [0.05, 0.1) is 6.10 Å². The van der Waals surface area contributed by atoms with Crippen molar-refractivity contribution in [3.63, 3.8) is 0 Å². The van der Waals surface area contributed by atoms with E-state index < -0.39 is 18.1 Å². The van der Waals surface area contributed by atoms with Crippen LogP contribution in [0.3, 0.4) is 0 Å². The predicted molar refractivity (Wildman–Crippen MR) is 91.8 cm³/mol. The summed E-state index contributed by atoms with van der Waals surface area (Å²) in [5.41, 5.74) is 5.31. The van der Waals surface area contributed by atoms with E-state index in [-0.39, 0.29) is 0 Å². The molecule has 0 amide bonds. The molecule has 0 aromatic carbocycles. The van der Waals surface area contributed by atoms with Gasteiger partial charge in [-0.05, 0) is 12.8 Å². The SMILES string of the molecule is CCCCCCCCCCCCC/C=C/[C@@H](O)[C@@H](N)C(=O)O. The quantitative estimate of drug-likeness (QED) is 0.315. The molecule has 0 saturated carbocycles. The third kappa shape index (κ3) is 12.8. The minimum atomic E-state index is -1.23. The van der Waals surface area contributed by atoms with Crippen molar-refractivity contribution in [2.45, 2.75) is 96.1 Å². The van der Waals surface area contributed by atoms with Gasteiger partial charge in [0.2, 0.25) is 0 Å². The number of nitrogens with two attached hydrogens (primary N) is 1. The molecule has 130 valence electrons. The van der Waals surface area contributed by atoms with Crippen LogP contribution in [0.25, 0.3) is 0 Å². The van der Waals surface area contributed by atoms with Crippen LogP contribution in [0, 0.1) is 0 Å². The molecule has 0 aromatic heterocycles. The molecule has 22 heavy (non-hydrogen) atoms. The second-order valence-corrected chi connectivity index (χ2v) is 6.11. The van der Waals surface area contributed by atoms with Crippen molar-refractivity contribution in [3.05, 3.63) is 12.2 Å². The number of carbonyl (C=O) groups is 1. The second kappa shape index (κ2) is 15.0. The molecule has 4 nitrogen and oxygen atoms in total. The first-order chi connectivity index (χ1) is 10.6. The number of aliphatic carboxylic acids is 1. The number of allylic oxidation sites excluding steroid dienone is 1. The number of carboxylic acids is 1. The highest BCUT2D eigenvalue weighted by molar-refractivity contribution is 5.74. The fraction of sp³-hybridized carbons (Fsp3) is 0.833. The Bertz CT molecular complexity index is 292. The maximum Gasteiger partial charge on any atom is 0.323 e. The first-order valence-corrected chi connectivity index (χ1v) is 8.92. The number of aliphatic hydroxyl groups is 1. The molecular formula is C18H35NO3. The molecule has 0 radical (unpaired) electrons. The average Bonchev–Trinajstić information content (AvgIpc) is 2.50. The van der Waals surface area contributed by atoms with Gasteiger partial charge in [0.25, 0.3) is 0 Å². The molecule has 0 spiro atoms. The normalized spacial score (nSPS) is 14.3. The Morgan fingerprint density at radius 1 is 0.955 bits per heavy atom. The molecular weight excluding hydrogens is 278 g/mol. The molecule has 0 aromatic rings. The Hall–Kier alpha value is -0.870. The molecule has 0 bridgehead atoms. The van der Waals surface area contributed by atoms with E-state index in [9.17, 15) is 9.90 Å². The zero-order valence-electron chi connectivity index (χ0n) is 14.2. The van der Waals surface area contributed by atoms with E-state index in [1.54, 1.807) is 0 Å². The molecule has 2 atom stereocenters. The van der Waals surface area contributed by atoms with Crippen LogP contribution in [0.1, 0.15) is 84.0 Å². The first kappa shape index (κ1) is 21.1. The Morgan fingerprint density at radius 2 is 1.41 bits per heavy atom. The van der Waals surface area contributed by atoms with Crippen LogP contribution < -0.4 is 5.73 Å². The second-order valence-electron chi connectivity index (χ2n) is 6.11. The molecule has 0 aliphatic heterocycles. The van der Waals surface area contributed by atoms with Crippen LogP contribution in [0.4, 0.5) is 0 Å². The van der Waals surface area contributed by atoms with Gasteiger partial charge in [-0.15, -0.1) is 0 Å². The average molecular weight is 313 g/mol. The lowest BCUT2D eigenvalue weighted by Crippen LogP contribution is -2.40. The largest absolute Gasteiger partial charge is 0.480 e. The van der Waals surface area contributed by atoms with Crippen molar-refractivity contribution in [1.82, 2.24) is 0 Å². The van der Waals surface area contributed by atoms with E-state index in [1.165, 1.54) is 70.3 Å². The summed E-state index contributed by atoms with van der Waals surface area (Å²) in [7, 11) is 0. The van der Waals surface area contributed by atoms with Crippen LogP contribution in [0.2, 0.25) is 0 Å². The van der Waals surface area contributed by atoms with Gasteiger partial charge in [-0.1, -0.05) is 83.3 Å². The minimum absolute atomic E-state index is 0.875. The zero-order chi connectivity index (χ0) is 16.6. The number of hydrogen-bond acceptors (Lipinski definition) is 3. The highest BCUT2D eigenvalue weighted by Gasteiger charge is 2.18. The lowest BCUT2D eigenvalue weighted by molar-refractivity contribution is -0.140. The van der Waals surface area contributed by atoms with Crippen LogP contribution in [0.5, 0.6) is 0 Å². The molecule has 0 rings (SSSR count). The molecule has 4 heteroatoms. The summed E-state index contributed by atoms with van der Waals surface area (Å²) in [6.07, 6.45) is 17.5. The molecule has 0 aliphatic rings. The number of rotatable bonds is 15. The Labute approximate surface area is 135 Å². The number of aliphatic hydroxyl groups excluding tert-OH is 1. The van der Waals surface area contributed by atoms with Crippen molar-refractivity contribution in [1.29, 1.82) is 0 Å². The lowest BCUT2D eigenvalue weighted by Gasteiger charge is -2.09. The van der Waals surface area contributed by atoms with Gasteiger partial charge in [-0.2, -0.15) is 0 Å². The van der Waals surface area contributed by atoms with E-state index in [0.717, 1.165) is 12.8 Å². The summed E-state index contributed by atoms with van der Waals surface area (Å²) in [4.78, 5) is 10.6. The van der Waals surface area contributed by atoms with Crippen molar-refractivity contribution in [3.8, 4) is 0 Å². The van der Waals surface area contributed by atoms with Crippen molar-refractivity contribution < 1.29 is 15.0 Å². The number of unbranched alkanes of at least 4 members (excludes halogenated alkanes) is 11. The summed E-state index contributed by atoms with van der Waals surface area (Å²) in [5.74, 6) is -1.17. The Balaban J connectivity index is 3.31. The van der Waals surface area contributed by atoms with E-state index in [0.29, 0.717) is 0 Å². The predicted octanol–water partition coefficient (Wildman–Crippen LogP) is 4.02. The van der Waals surface area contributed by atoms with Crippen LogP contribution >= 0.6 is 0 Å². The number of carboxylic acid groups (broad SMARTS) is 1. The van der Waals surface area contributed by atoms with Gasteiger partial charge in [0.1, 0.15) is 6.04 Å². The minimum Gasteiger partial charge on any atom is -0.480 e. The summed E-state index contributed by atoms with van der Waals surface area (Å²) < 4.78 is 0. The van der Waals surface area contributed by atoms with Crippen molar-refractivity contribution >= 4 is 5.97 Å². The fourth-order valence-corrected chi connectivity index (χ4v) is 2.43. The monoisotopic (exact) mass is 313 g/mol. The third-order valence-corrected chi connectivity index (χ3v) is 3.96. The standard InChI is InChI=1S/C18H35NO3/c1-2-3-4-5-6-7-8-9-10-11-12-13-14-15-16(20)17(19)18(21)22/h14-17,20H,2-13,19H2,1H3,(H,21,22)/b15-14+/t16-,17-/m1/s1. The summed E-state index contributed by atoms with van der Waals surface area (Å²) in [6.45, 7) is 2.25. The Morgan fingerprint density at radius 3 is 1.86 bits per heavy atom. The molecule has 0 aliphatic carbocycles. The van der Waals surface area contributed by atoms with Gasteiger partial charge < -0.3 is 15.9 Å². The van der Waals surface area contributed by atoms with Crippen LogP contribution in [-0.4, -0.2) is 28.3 Å². The summed E-state index contributed by atoms with van der Waals surface area (Å²) in [6, 6.07) is -1.23. The van der Waals surface area contributed by atoms with Gasteiger partial charge in [-0.25, -0.2) is 0 Å². The zero-order valence-corrected chi connectivity index (χ0v) is 14.2. The lowest BCUT2D eigenvalue weighted by atomic mass is 10.0. The molecule has 0 fully saturated rings. The van der Waals surface area contributed by atoms with Crippen molar-refractivity contribution in [2.24, 2.45) is 5.73 Å². The summed E-state index contributed by atoms with van der Waals surface area (Å²) in [5, 5.41) is 18.1. The van der Waals surface area contributed by atoms with Crippen LogP contribution in [-0.2, 0) is 4.79 Å². The third-order valence-electron chi connectivity index (χ3n) is 3.96. The number of hydrogen-bond donors (Lipinski definition) is 3. The Kier molecular flexibility index (Phi) is 14.4. The fourth-order valence-electron chi connectivity index (χ4n) is 2.43. The maximum atomic E-state index is 10.6. The molecule has 4 N–H and O–H groups in total. The van der Waals surface area contributed by atoms with Crippen molar-refractivity contribution in [2.75, 3.05) is 0 Å². The van der Waals surface area contributed by atoms with Gasteiger partial charge in [0.15, 0.2) is 0 Å². The maximum absolute atomic E-state index is 10.6. The van der Waals surface area contributed by atoms with E-state index in [2.05, 4.69) is 6.92 Å². The van der Waals surface area contributed by atoms with Gasteiger partial charge in [0, 0.05) is 0 Å². The topological polar surface area (TPSA) is 83.5 Å². The van der Waals surface area contributed by atoms with E-state index in [1.807, 2.05) is 6.08 Å². The highest BCUT2D eigenvalue weighted by atomic mass is 16.4. The molecule has 0 heterocycles. The smallest absolute Gasteiger partial charge is 0.323 e.